The summed E-state index contributed by atoms with van der Waals surface area (Å²) in [5.74, 6) is 0.176. The molecule has 1 fully saturated rings. The van der Waals surface area contributed by atoms with Gasteiger partial charge in [-0.15, -0.1) is 0 Å². The van der Waals surface area contributed by atoms with Crippen molar-refractivity contribution >= 4 is 5.78 Å². The molecular formula is C16H31NO4. The molecule has 1 heterocycles. The van der Waals surface area contributed by atoms with Gasteiger partial charge in [0.25, 0.3) is 0 Å². The van der Waals surface area contributed by atoms with Crippen LogP contribution in [0.15, 0.2) is 0 Å². The zero-order valence-corrected chi connectivity index (χ0v) is 13.6. The van der Waals surface area contributed by atoms with Crippen LogP contribution in [0.4, 0.5) is 0 Å². The first kappa shape index (κ1) is 18.6. The van der Waals surface area contributed by atoms with Gasteiger partial charge in [0.15, 0.2) is 5.78 Å². The molecule has 124 valence electrons. The fourth-order valence-electron chi connectivity index (χ4n) is 2.49. The van der Waals surface area contributed by atoms with Crippen LogP contribution in [-0.2, 0) is 19.0 Å². The molecule has 5 heteroatoms. The molecule has 0 aromatic carbocycles. The van der Waals surface area contributed by atoms with E-state index in [0.29, 0.717) is 25.7 Å². The average molecular weight is 301 g/mol. The number of nitrogens with zero attached hydrogens (tertiary/aromatic N) is 1. The summed E-state index contributed by atoms with van der Waals surface area (Å²) in [6, 6.07) is 0. The summed E-state index contributed by atoms with van der Waals surface area (Å²) in [5.41, 5.74) is 0. The number of carbonyl (C=O) groups is 1. The Morgan fingerprint density at radius 1 is 1.10 bits per heavy atom. The molecule has 0 spiro atoms. The molecule has 1 rings (SSSR count). The van der Waals surface area contributed by atoms with Crippen molar-refractivity contribution in [3.05, 3.63) is 0 Å². The van der Waals surface area contributed by atoms with Gasteiger partial charge in [0, 0.05) is 32.7 Å². The zero-order chi connectivity index (χ0) is 15.3. The highest BCUT2D eigenvalue weighted by Gasteiger charge is 2.18. The Labute approximate surface area is 128 Å². The Morgan fingerprint density at radius 3 is 2.48 bits per heavy atom. The topological polar surface area (TPSA) is 48.0 Å². The monoisotopic (exact) mass is 301 g/mol. The van der Waals surface area contributed by atoms with Gasteiger partial charge in [-0.05, 0) is 26.2 Å². The summed E-state index contributed by atoms with van der Waals surface area (Å²) in [5, 5.41) is 0. The highest BCUT2D eigenvalue weighted by molar-refractivity contribution is 5.79. The molecule has 0 aromatic rings. The van der Waals surface area contributed by atoms with Crippen LogP contribution < -0.4 is 0 Å². The van der Waals surface area contributed by atoms with E-state index in [1.165, 1.54) is 0 Å². The van der Waals surface area contributed by atoms with Crippen LogP contribution in [0.2, 0.25) is 0 Å². The van der Waals surface area contributed by atoms with Crippen molar-refractivity contribution in [2.24, 2.45) is 0 Å². The maximum Gasteiger partial charge on any atom is 0.158 e. The fourth-order valence-corrected chi connectivity index (χ4v) is 2.49. The zero-order valence-electron chi connectivity index (χ0n) is 13.6. The number of ether oxygens (including phenoxy) is 3. The summed E-state index contributed by atoms with van der Waals surface area (Å²) in [6.07, 6.45) is 4.19. The third-order valence-electron chi connectivity index (χ3n) is 3.65. The largest absolute Gasteiger partial charge is 0.378 e. The number of ketones is 1. The minimum atomic E-state index is 0.176. The number of Topliss-reactive ketones (excluding diaryl/α,β-unsaturated/α-hetero) is 1. The molecule has 1 aliphatic heterocycles. The second-order valence-electron chi connectivity index (χ2n) is 5.45. The van der Waals surface area contributed by atoms with Gasteiger partial charge in [0.05, 0.1) is 25.9 Å². The molecule has 0 saturated carbocycles. The average Bonchev–Trinajstić information content (AvgIpc) is 2.48. The lowest BCUT2D eigenvalue weighted by Gasteiger charge is -2.31. The molecule has 5 nitrogen and oxygen atoms in total. The number of piperidine rings is 1. The summed E-state index contributed by atoms with van der Waals surface area (Å²) in [4.78, 5) is 13.6. The van der Waals surface area contributed by atoms with Crippen molar-refractivity contribution in [3.63, 3.8) is 0 Å². The third kappa shape index (κ3) is 9.19. The Hall–Kier alpha value is -0.490. The molecule has 0 N–H and O–H groups in total. The molecule has 0 aliphatic carbocycles. The fraction of sp³-hybridized carbons (Fsp3) is 0.938. The minimum Gasteiger partial charge on any atom is -0.378 e. The van der Waals surface area contributed by atoms with E-state index < -0.39 is 0 Å². The molecule has 0 atom stereocenters. The lowest BCUT2D eigenvalue weighted by atomic mass is 10.1. The summed E-state index contributed by atoms with van der Waals surface area (Å²) in [7, 11) is 0. The first-order chi connectivity index (χ1) is 10.3. The second kappa shape index (κ2) is 12.1. The Bertz CT molecular complexity index is 265. The maximum absolute atomic E-state index is 11.2. The normalized spacial score (nSPS) is 17.2. The Kier molecular flexibility index (Phi) is 10.7. The minimum absolute atomic E-state index is 0.176. The van der Waals surface area contributed by atoms with Crippen LogP contribution in [0.1, 0.15) is 39.5 Å². The molecule has 0 bridgehead atoms. The van der Waals surface area contributed by atoms with Crippen LogP contribution in [0.25, 0.3) is 0 Å². The lowest BCUT2D eigenvalue weighted by molar-refractivity contribution is -0.124. The highest BCUT2D eigenvalue weighted by atomic mass is 16.5. The van der Waals surface area contributed by atoms with E-state index in [0.717, 1.165) is 52.1 Å². The molecular weight excluding hydrogens is 270 g/mol. The van der Waals surface area contributed by atoms with Crippen LogP contribution in [0.3, 0.4) is 0 Å². The van der Waals surface area contributed by atoms with E-state index >= 15 is 0 Å². The van der Waals surface area contributed by atoms with E-state index in [1.807, 2.05) is 6.92 Å². The van der Waals surface area contributed by atoms with Crippen LogP contribution in [0, 0.1) is 0 Å². The van der Waals surface area contributed by atoms with E-state index in [-0.39, 0.29) is 12.4 Å². The second-order valence-corrected chi connectivity index (χ2v) is 5.45. The van der Waals surface area contributed by atoms with Crippen molar-refractivity contribution in [1.82, 2.24) is 4.90 Å². The van der Waals surface area contributed by atoms with Gasteiger partial charge in [-0.25, -0.2) is 0 Å². The van der Waals surface area contributed by atoms with Crippen LogP contribution >= 0.6 is 0 Å². The van der Waals surface area contributed by atoms with Crippen LogP contribution in [0.5, 0.6) is 0 Å². The smallest absolute Gasteiger partial charge is 0.158 e. The molecule has 0 unspecified atom stereocenters. The molecule has 1 saturated heterocycles. The first-order valence-electron chi connectivity index (χ1n) is 8.27. The van der Waals surface area contributed by atoms with Crippen molar-refractivity contribution in [2.75, 3.05) is 52.7 Å². The van der Waals surface area contributed by atoms with Gasteiger partial charge in [0.2, 0.25) is 0 Å². The number of likely N-dealkylation sites (tertiary alicyclic amines) is 1. The Morgan fingerprint density at radius 2 is 1.81 bits per heavy atom. The SMILES string of the molecule is CCCC(=O)COCCOCCN1CCC(OCC)CC1. The number of rotatable bonds is 12. The summed E-state index contributed by atoms with van der Waals surface area (Å²) >= 11 is 0. The van der Waals surface area contributed by atoms with Crippen LogP contribution in [-0.4, -0.2) is 69.5 Å². The molecule has 21 heavy (non-hydrogen) atoms. The van der Waals surface area contributed by atoms with Gasteiger partial charge >= 0.3 is 0 Å². The van der Waals surface area contributed by atoms with Gasteiger partial charge in [0.1, 0.15) is 6.61 Å². The third-order valence-corrected chi connectivity index (χ3v) is 3.65. The predicted octanol–water partition coefficient (Wildman–Crippen LogP) is 1.89. The first-order valence-corrected chi connectivity index (χ1v) is 8.27. The quantitative estimate of drug-likeness (QED) is 0.515. The molecule has 0 radical (unpaired) electrons. The van der Waals surface area contributed by atoms with Crippen molar-refractivity contribution < 1.29 is 19.0 Å². The maximum atomic E-state index is 11.2. The summed E-state index contributed by atoms with van der Waals surface area (Å²) < 4.78 is 16.5. The van der Waals surface area contributed by atoms with E-state index in [4.69, 9.17) is 14.2 Å². The van der Waals surface area contributed by atoms with Gasteiger partial charge in [-0.3, -0.25) is 4.79 Å². The summed E-state index contributed by atoms with van der Waals surface area (Å²) in [6.45, 7) is 10.0. The number of carbonyl (C=O) groups excluding carboxylic acids is 1. The van der Waals surface area contributed by atoms with E-state index in [2.05, 4.69) is 11.8 Å². The molecule has 0 amide bonds. The Balaban J connectivity index is 1.88. The van der Waals surface area contributed by atoms with Crippen molar-refractivity contribution in [3.8, 4) is 0 Å². The van der Waals surface area contributed by atoms with E-state index in [1.54, 1.807) is 0 Å². The van der Waals surface area contributed by atoms with Crippen molar-refractivity contribution in [1.29, 1.82) is 0 Å². The van der Waals surface area contributed by atoms with E-state index in [9.17, 15) is 4.79 Å². The predicted molar refractivity (Wildman–Crippen MR) is 82.6 cm³/mol. The standard InChI is InChI=1S/C16H31NO4/c1-3-5-15(18)14-20-13-12-19-11-10-17-8-6-16(7-9-17)21-4-2/h16H,3-14H2,1-2H3. The number of hydrogen-bond acceptors (Lipinski definition) is 5. The van der Waals surface area contributed by atoms with Crippen molar-refractivity contribution in [2.45, 2.75) is 45.6 Å². The van der Waals surface area contributed by atoms with Gasteiger partial charge < -0.3 is 19.1 Å². The van der Waals surface area contributed by atoms with Gasteiger partial charge in [-0.1, -0.05) is 6.92 Å². The molecule has 0 aromatic heterocycles. The lowest BCUT2D eigenvalue weighted by Crippen LogP contribution is -2.38. The highest BCUT2D eigenvalue weighted by Crippen LogP contribution is 2.12. The molecule has 1 aliphatic rings. The van der Waals surface area contributed by atoms with Gasteiger partial charge in [-0.2, -0.15) is 0 Å². The number of hydrogen-bond donors (Lipinski definition) is 0.